The predicted octanol–water partition coefficient (Wildman–Crippen LogP) is 5.39. The molecule has 1 atom stereocenters. The largest absolute Gasteiger partial charge is 0.354 e. The summed E-state index contributed by atoms with van der Waals surface area (Å²) in [6.45, 7) is 11.9. The molecule has 0 aromatic heterocycles. The van der Waals surface area contributed by atoms with Crippen molar-refractivity contribution in [3.63, 3.8) is 0 Å². The van der Waals surface area contributed by atoms with Crippen LogP contribution < -0.4 is 9.62 Å². The van der Waals surface area contributed by atoms with Gasteiger partial charge in [0.25, 0.3) is 10.0 Å². The predicted molar refractivity (Wildman–Crippen MR) is 161 cm³/mol. The molecule has 2 amide bonds. The van der Waals surface area contributed by atoms with E-state index >= 15 is 0 Å². The summed E-state index contributed by atoms with van der Waals surface area (Å²) in [5.74, 6) is -0.453. The van der Waals surface area contributed by atoms with Crippen LogP contribution in [-0.2, 0) is 26.2 Å². The second-order valence-corrected chi connectivity index (χ2v) is 12.5. The summed E-state index contributed by atoms with van der Waals surface area (Å²) >= 11 is 0. The third-order valence-corrected chi connectivity index (χ3v) is 8.67. The maximum atomic E-state index is 14.1. The van der Waals surface area contributed by atoms with Gasteiger partial charge in [0.2, 0.25) is 11.8 Å². The topological polar surface area (TPSA) is 86.8 Å². The fraction of sp³-hybridized carbons (Fsp3) is 0.375. The minimum atomic E-state index is -4.08. The van der Waals surface area contributed by atoms with Gasteiger partial charge in [-0.15, -0.1) is 0 Å². The lowest BCUT2D eigenvalue weighted by Gasteiger charge is -2.33. The quantitative estimate of drug-likeness (QED) is 0.320. The van der Waals surface area contributed by atoms with Gasteiger partial charge >= 0.3 is 0 Å². The van der Waals surface area contributed by atoms with Crippen LogP contribution in [0.25, 0.3) is 0 Å². The third kappa shape index (κ3) is 7.72. The Morgan fingerprint density at radius 2 is 1.43 bits per heavy atom. The highest BCUT2D eigenvalue weighted by atomic mass is 32.2. The first-order valence-electron chi connectivity index (χ1n) is 13.7. The van der Waals surface area contributed by atoms with Gasteiger partial charge in [-0.1, -0.05) is 80.4 Å². The molecule has 0 radical (unpaired) electrons. The van der Waals surface area contributed by atoms with Gasteiger partial charge in [0, 0.05) is 13.1 Å². The first-order chi connectivity index (χ1) is 18.9. The van der Waals surface area contributed by atoms with Crippen LogP contribution in [0.3, 0.4) is 0 Å². The lowest BCUT2D eigenvalue weighted by Crippen LogP contribution is -2.52. The molecule has 0 saturated heterocycles. The number of benzene rings is 3. The number of hydrogen-bond acceptors (Lipinski definition) is 4. The molecular formula is C32H41N3O4S. The van der Waals surface area contributed by atoms with E-state index < -0.39 is 28.5 Å². The molecular weight excluding hydrogens is 522 g/mol. The van der Waals surface area contributed by atoms with Gasteiger partial charge in [-0.3, -0.25) is 13.9 Å². The third-order valence-electron chi connectivity index (χ3n) is 6.88. The van der Waals surface area contributed by atoms with Gasteiger partial charge in [-0.05, 0) is 68.5 Å². The number of rotatable bonds is 12. The number of carbonyl (C=O) groups excluding carboxylic acids is 2. The van der Waals surface area contributed by atoms with Crippen LogP contribution >= 0.6 is 0 Å². The van der Waals surface area contributed by atoms with Crippen LogP contribution in [0.4, 0.5) is 5.69 Å². The van der Waals surface area contributed by atoms with E-state index in [0.29, 0.717) is 18.7 Å². The molecule has 0 fully saturated rings. The number of aryl methyl sites for hydroxylation is 3. The number of hydrogen-bond donors (Lipinski definition) is 1. The number of anilines is 1. The van der Waals surface area contributed by atoms with E-state index in [1.165, 1.54) is 4.90 Å². The molecule has 0 bridgehead atoms. The maximum Gasteiger partial charge on any atom is 0.264 e. The molecule has 3 aromatic carbocycles. The highest BCUT2D eigenvalue weighted by molar-refractivity contribution is 7.92. The van der Waals surface area contributed by atoms with Crippen molar-refractivity contribution in [2.75, 3.05) is 17.4 Å². The van der Waals surface area contributed by atoms with Crippen LogP contribution in [0.2, 0.25) is 0 Å². The van der Waals surface area contributed by atoms with Crippen molar-refractivity contribution in [1.29, 1.82) is 0 Å². The Morgan fingerprint density at radius 1 is 0.850 bits per heavy atom. The Morgan fingerprint density at radius 3 is 1.98 bits per heavy atom. The van der Waals surface area contributed by atoms with E-state index in [2.05, 4.69) is 5.32 Å². The Kier molecular flexibility index (Phi) is 10.5. The molecule has 3 aromatic rings. The second-order valence-electron chi connectivity index (χ2n) is 10.7. The summed E-state index contributed by atoms with van der Waals surface area (Å²) in [7, 11) is -4.08. The normalized spacial score (nSPS) is 12.2. The molecule has 7 nitrogen and oxygen atoms in total. The number of nitrogens with one attached hydrogen (secondary N) is 1. The van der Waals surface area contributed by atoms with Crippen molar-refractivity contribution in [3.05, 3.63) is 95.1 Å². The molecule has 8 heteroatoms. The average Bonchev–Trinajstić information content (AvgIpc) is 2.92. The summed E-state index contributed by atoms with van der Waals surface area (Å²) in [5.41, 5.74) is 4.17. The highest BCUT2D eigenvalue weighted by Crippen LogP contribution is 2.26. The lowest BCUT2D eigenvalue weighted by molar-refractivity contribution is -0.140. The van der Waals surface area contributed by atoms with E-state index in [1.54, 1.807) is 36.4 Å². The van der Waals surface area contributed by atoms with Crippen molar-refractivity contribution >= 4 is 27.5 Å². The molecule has 40 heavy (non-hydrogen) atoms. The fourth-order valence-corrected chi connectivity index (χ4v) is 5.80. The zero-order valence-electron chi connectivity index (χ0n) is 24.3. The van der Waals surface area contributed by atoms with E-state index in [1.807, 2.05) is 77.9 Å². The van der Waals surface area contributed by atoms with E-state index in [0.717, 1.165) is 26.6 Å². The van der Waals surface area contributed by atoms with E-state index in [4.69, 9.17) is 0 Å². The smallest absolute Gasteiger partial charge is 0.264 e. The molecule has 0 heterocycles. The Labute approximate surface area is 239 Å². The maximum absolute atomic E-state index is 14.1. The Hall–Kier alpha value is -3.65. The van der Waals surface area contributed by atoms with Crippen molar-refractivity contribution in [2.45, 2.75) is 65.4 Å². The second kappa shape index (κ2) is 13.6. The lowest BCUT2D eigenvalue weighted by atomic mass is 10.1. The molecule has 214 valence electrons. The standard InChI is InChI=1S/C32H41N3O4S/c1-7-30(32(37)33-20-23(2)3)34(21-27-11-9-8-10-26(27)6)31(36)22-35(28-16-12-24(4)13-17-28)40(38,39)29-18-14-25(5)15-19-29/h8-19,23,30H,7,20-22H2,1-6H3,(H,33,37)/t30-/m0/s1. The molecule has 0 aliphatic heterocycles. The summed E-state index contributed by atoms with van der Waals surface area (Å²) in [4.78, 5) is 29.0. The summed E-state index contributed by atoms with van der Waals surface area (Å²) in [5, 5.41) is 2.96. The van der Waals surface area contributed by atoms with Gasteiger partial charge in [0.05, 0.1) is 10.6 Å². The van der Waals surface area contributed by atoms with Crippen molar-refractivity contribution in [3.8, 4) is 0 Å². The van der Waals surface area contributed by atoms with E-state index in [-0.39, 0.29) is 23.3 Å². The summed E-state index contributed by atoms with van der Waals surface area (Å²) < 4.78 is 29.0. The first kappa shape index (κ1) is 30.9. The monoisotopic (exact) mass is 563 g/mol. The SMILES string of the molecule is CC[C@@H](C(=O)NCC(C)C)N(Cc1ccccc1C)C(=O)CN(c1ccc(C)cc1)S(=O)(=O)c1ccc(C)cc1. The van der Waals surface area contributed by atoms with Crippen molar-refractivity contribution in [1.82, 2.24) is 10.2 Å². The van der Waals surface area contributed by atoms with Crippen LogP contribution in [0, 0.1) is 26.7 Å². The highest BCUT2D eigenvalue weighted by Gasteiger charge is 2.33. The average molecular weight is 564 g/mol. The van der Waals surface area contributed by atoms with E-state index in [9.17, 15) is 18.0 Å². The van der Waals surface area contributed by atoms with Crippen molar-refractivity contribution < 1.29 is 18.0 Å². The molecule has 0 aliphatic rings. The minimum absolute atomic E-state index is 0.0960. The van der Waals surface area contributed by atoms with Crippen LogP contribution in [0.1, 0.15) is 49.4 Å². The fourth-order valence-electron chi connectivity index (χ4n) is 4.39. The summed E-state index contributed by atoms with van der Waals surface area (Å²) in [6, 6.07) is 20.5. The van der Waals surface area contributed by atoms with Gasteiger partial charge in [0.1, 0.15) is 12.6 Å². The zero-order valence-corrected chi connectivity index (χ0v) is 25.2. The van der Waals surface area contributed by atoms with Gasteiger partial charge in [-0.25, -0.2) is 8.42 Å². The first-order valence-corrected chi connectivity index (χ1v) is 15.2. The van der Waals surface area contributed by atoms with Crippen LogP contribution in [0.5, 0.6) is 0 Å². The molecule has 0 spiro atoms. The Balaban J connectivity index is 2.05. The van der Waals surface area contributed by atoms with Crippen molar-refractivity contribution in [2.24, 2.45) is 5.92 Å². The molecule has 1 N–H and O–H groups in total. The zero-order chi connectivity index (χ0) is 29.4. The number of sulfonamides is 1. The molecule has 0 saturated carbocycles. The van der Waals surface area contributed by atoms with Crippen LogP contribution in [0.15, 0.2) is 77.7 Å². The van der Waals surface area contributed by atoms with Gasteiger partial charge < -0.3 is 10.2 Å². The van der Waals surface area contributed by atoms with Gasteiger partial charge in [0.15, 0.2) is 0 Å². The van der Waals surface area contributed by atoms with Gasteiger partial charge in [-0.2, -0.15) is 0 Å². The van der Waals surface area contributed by atoms with Crippen LogP contribution in [-0.4, -0.2) is 44.3 Å². The molecule has 3 rings (SSSR count). The number of nitrogens with zero attached hydrogens (tertiary/aromatic N) is 2. The Bertz CT molecular complexity index is 1400. The minimum Gasteiger partial charge on any atom is -0.354 e. The molecule has 0 unspecified atom stereocenters. The number of amides is 2. The molecule has 0 aliphatic carbocycles. The summed E-state index contributed by atoms with van der Waals surface area (Å²) in [6.07, 6.45) is 0.386. The number of carbonyl (C=O) groups is 2.